The lowest BCUT2D eigenvalue weighted by atomic mass is 9.98. The molecule has 1 aromatic rings. The molecule has 0 spiro atoms. The second-order valence-electron chi connectivity index (χ2n) is 4.05. The Balaban J connectivity index is 1.76. The lowest BCUT2D eigenvalue weighted by molar-refractivity contribution is -0.0178. The first-order valence-electron chi connectivity index (χ1n) is 5.46. The van der Waals surface area contributed by atoms with Crippen molar-refractivity contribution in [2.24, 2.45) is 0 Å². The molecule has 1 saturated carbocycles. The quantitative estimate of drug-likeness (QED) is 0.739. The van der Waals surface area contributed by atoms with Gasteiger partial charge in [-0.1, -0.05) is 19.3 Å². The first-order chi connectivity index (χ1) is 6.84. The maximum Gasteiger partial charge on any atom is 0.139 e. The minimum Gasteiger partial charge on any atom is -0.356 e. The number of hydrogen-bond acceptors (Lipinski definition) is 2. The second kappa shape index (κ2) is 4.60. The van der Waals surface area contributed by atoms with Gasteiger partial charge < -0.3 is 4.74 Å². The van der Waals surface area contributed by atoms with Crippen LogP contribution in [0.4, 0.5) is 0 Å². The van der Waals surface area contributed by atoms with Crippen molar-refractivity contribution < 1.29 is 4.74 Å². The molecule has 0 amide bonds. The van der Waals surface area contributed by atoms with E-state index in [0.717, 1.165) is 5.69 Å². The zero-order valence-corrected chi connectivity index (χ0v) is 8.78. The molecule has 0 saturated heterocycles. The van der Waals surface area contributed by atoms with Gasteiger partial charge in [-0.15, -0.1) is 0 Å². The smallest absolute Gasteiger partial charge is 0.139 e. The Bertz CT molecular complexity index is 277. The molecular weight excluding hydrogens is 176 g/mol. The Morgan fingerprint density at radius 1 is 1.43 bits per heavy atom. The van der Waals surface area contributed by atoms with Crippen LogP contribution in [0.15, 0.2) is 12.3 Å². The maximum absolute atomic E-state index is 5.78. The predicted molar refractivity (Wildman–Crippen MR) is 54.9 cm³/mol. The highest BCUT2D eigenvalue weighted by molar-refractivity contribution is 4.94. The van der Waals surface area contributed by atoms with Crippen molar-refractivity contribution in [3.63, 3.8) is 0 Å². The number of nitrogens with zero attached hydrogens (tertiary/aromatic N) is 2. The summed E-state index contributed by atoms with van der Waals surface area (Å²) in [6, 6.07) is 2.00. The van der Waals surface area contributed by atoms with Crippen LogP contribution >= 0.6 is 0 Å². The third-order valence-electron chi connectivity index (χ3n) is 2.77. The van der Waals surface area contributed by atoms with Gasteiger partial charge in [0.1, 0.15) is 6.73 Å². The number of rotatable bonds is 3. The Kier molecular flexibility index (Phi) is 3.19. The van der Waals surface area contributed by atoms with E-state index in [1.165, 1.54) is 32.1 Å². The average molecular weight is 194 g/mol. The molecule has 78 valence electrons. The predicted octanol–water partition coefficient (Wildman–Crippen LogP) is 2.50. The molecule has 0 aromatic carbocycles. The lowest BCUT2D eigenvalue weighted by Crippen LogP contribution is -2.18. The van der Waals surface area contributed by atoms with Gasteiger partial charge >= 0.3 is 0 Å². The molecule has 0 N–H and O–H groups in total. The van der Waals surface area contributed by atoms with Crippen molar-refractivity contribution in [1.82, 2.24) is 9.78 Å². The summed E-state index contributed by atoms with van der Waals surface area (Å²) in [5.74, 6) is 0. The molecule has 0 radical (unpaired) electrons. The zero-order chi connectivity index (χ0) is 9.80. The fourth-order valence-electron chi connectivity index (χ4n) is 1.95. The van der Waals surface area contributed by atoms with E-state index in [-0.39, 0.29) is 0 Å². The van der Waals surface area contributed by atoms with E-state index in [1.54, 1.807) is 0 Å². The normalized spacial score (nSPS) is 18.6. The van der Waals surface area contributed by atoms with Crippen LogP contribution in [-0.4, -0.2) is 15.9 Å². The first-order valence-corrected chi connectivity index (χ1v) is 5.46. The summed E-state index contributed by atoms with van der Waals surface area (Å²) >= 11 is 0. The van der Waals surface area contributed by atoms with Crippen molar-refractivity contribution in [1.29, 1.82) is 0 Å². The third kappa shape index (κ3) is 2.58. The second-order valence-corrected chi connectivity index (χ2v) is 4.05. The Hall–Kier alpha value is -0.830. The number of aromatic nitrogens is 2. The van der Waals surface area contributed by atoms with Gasteiger partial charge in [0.15, 0.2) is 0 Å². The molecule has 1 aliphatic carbocycles. The van der Waals surface area contributed by atoms with Crippen molar-refractivity contribution in [3.05, 3.63) is 18.0 Å². The highest BCUT2D eigenvalue weighted by Gasteiger charge is 2.13. The van der Waals surface area contributed by atoms with Gasteiger partial charge in [0.2, 0.25) is 0 Å². The van der Waals surface area contributed by atoms with Crippen LogP contribution in [0.3, 0.4) is 0 Å². The van der Waals surface area contributed by atoms with E-state index in [4.69, 9.17) is 4.74 Å². The van der Waals surface area contributed by atoms with Gasteiger partial charge in [0.25, 0.3) is 0 Å². The highest BCUT2D eigenvalue weighted by atomic mass is 16.5. The van der Waals surface area contributed by atoms with Gasteiger partial charge in [0.05, 0.1) is 11.8 Å². The molecule has 2 rings (SSSR count). The fraction of sp³-hybridized carbons (Fsp3) is 0.727. The molecule has 1 aliphatic rings. The van der Waals surface area contributed by atoms with Gasteiger partial charge in [-0.3, -0.25) is 0 Å². The Morgan fingerprint density at radius 3 is 2.86 bits per heavy atom. The van der Waals surface area contributed by atoms with E-state index < -0.39 is 0 Å². The summed E-state index contributed by atoms with van der Waals surface area (Å²) in [6.07, 6.45) is 8.90. The van der Waals surface area contributed by atoms with E-state index in [0.29, 0.717) is 12.8 Å². The number of ether oxygens (including phenoxy) is 1. The van der Waals surface area contributed by atoms with Crippen LogP contribution in [0, 0.1) is 6.92 Å². The van der Waals surface area contributed by atoms with E-state index >= 15 is 0 Å². The molecule has 0 atom stereocenters. The average Bonchev–Trinajstić information content (AvgIpc) is 2.63. The number of aryl methyl sites for hydroxylation is 1. The summed E-state index contributed by atoms with van der Waals surface area (Å²) < 4.78 is 7.65. The Labute approximate surface area is 85.1 Å². The molecule has 1 heterocycles. The van der Waals surface area contributed by atoms with Crippen LogP contribution in [0.5, 0.6) is 0 Å². The van der Waals surface area contributed by atoms with Gasteiger partial charge in [-0.2, -0.15) is 5.10 Å². The van der Waals surface area contributed by atoms with Crippen molar-refractivity contribution in [2.45, 2.75) is 51.9 Å². The summed E-state index contributed by atoms with van der Waals surface area (Å²) in [5.41, 5.74) is 1.05. The lowest BCUT2D eigenvalue weighted by Gasteiger charge is -2.21. The van der Waals surface area contributed by atoms with Crippen LogP contribution in [0.25, 0.3) is 0 Å². The van der Waals surface area contributed by atoms with Crippen molar-refractivity contribution in [2.75, 3.05) is 0 Å². The van der Waals surface area contributed by atoms with Crippen LogP contribution in [0.1, 0.15) is 37.8 Å². The molecule has 3 heteroatoms. The van der Waals surface area contributed by atoms with Gasteiger partial charge in [-0.05, 0) is 25.8 Å². The number of hydrogen-bond donors (Lipinski definition) is 0. The van der Waals surface area contributed by atoms with Crippen LogP contribution in [0.2, 0.25) is 0 Å². The van der Waals surface area contributed by atoms with E-state index in [1.807, 2.05) is 23.9 Å². The minimum absolute atomic E-state index is 0.466. The molecular formula is C11H18N2O. The van der Waals surface area contributed by atoms with Gasteiger partial charge in [-0.25, -0.2) is 4.68 Å². The fourth-order valence-corrected chi connectivity index (χ4v) is 1.95. The van der Waals surface area contributed by atoms with Crippen molar-refractivity contribution >= 4 is 0 Å². The SMILES string of the molecule is Cc1ccn(COC2CCCCC2)n1. The molecule has 1 aromatic heterocycles. The molecule has 0 aliphatic heterocycles. The van der Waals surface area contributed by atoms with Crippen LogP contribution < -0.4 is 0 Å². The summed E-state index contributed by atoms with van der Waals surface area (Å²) in [4.78, 5) is 0. The highest BCUT2D eigenvalue weighted by Crippen LogP contribution is 2.20. The summed E-state index contributed by atoms with van der Waals surface area (Å²) in [6.45, 7) is 2.61. The van der Waals surface area contributed by atoms with Gasteiger partial charge in [0, 0.05) is 6.20 Å². The first kappa shape index (κ1) is 9.71. The molecule has 3 nitrogen and oxygen atoms in total. The zero-order valence-electron chi connectivity index (χ0n) is 8.78. The summed E-state index contributed by atoms with van der Waals surface area (Å²) in [5, 5.41) is 4.29. The largest absolute Gasteiger partial charge is 0.356 e. The molecule has 0 unspecified atom stereocenters. The molecule has 1 fully saturated rings. The van der Waals surface area contributed by atoms with E-state index in [2.05, 4.69) is 5.10 Å². The topological polar surface area (TPSA) is 27.1 Å². The van der Waals surface area contributed by atoms with Crippen molar-refractivity contribution in [3.8, 4) is 0 Å². The van der Waals surface area contributed by atoms with Crippen LogP contribution in [-0.2, 0) is 11.5 Å². The monoisotopic (exact) mass is 194 g/mol. The Morgan fingerprint density at radius 2 is 2.21 bits per heavy atom. The van der Waals surface area contributed by atoms with E-state index in [9.17, 15) is 0 Å². The standard InChI is InChI=1S/C11H18N2O/c1-10-7-8-13(12-10)9-14-11-5-3-2-4-6-11/h7-8,11H,2-6,9H2,1H3. The molecule has 0 bridgehead atoms. The summed E-state index contributed by atoms with van der Waals surface area (Å²) in [7, 11) is 0. The maximum atomic E-state index is 5.78. The molecule has 14 heavy (non-hydrogen) atoms. The third-order valence-corrected chi connectivity index (χ3v) is 2.77. The minimum atomic E-state index is 0.466.